The van der Waals surface area contributed by atoms with Gasteiger partial charge >= 0.3 is 0 Å². The summed E-state index contributed by atoms with van der Waals surface area (Å²) < 4.78 is 28.7. The summed E-state index contributed by atoms with van der Waals surface area (Å²) in [5.41, 5.74) is 7.84. The van der Waals surface area contributed by atoms with E-state index in [4.69, 9.17) is 5.73 Å². The Morgan fingerprint density at radius 3 is 1.97 bits per heavy atom. The van der Waals surface area contributed by atoms with E-state index in [0.29, 0.717) is 21.9 Å². The maximum absolute atomic E-state index is 14.5. The normalized spacial score (nSPS) is 13.5. The van der Waals surface area contributed by atoms with Crippen LogP contribution in [-0.2, 0) is 4.57 Å². The molecule has 0 aliphatic rings. The van der Waals surface area contributed by atoms with Gasteiger partial charge in [0.05, 0.1) is 17.8 Å². The minimum absolute atomic E-state index is 0.383. The largest absolute Gasteiger partial charge is 0.321 e. The first-order valence-electron chi connectivity index (χ1n) is 9.99. The van der Waals surface area contributed by atoms with Crippen LogP contribution in [0, 0.1) is 5.82 Å². The average Bonchev–Trinajstić information content (AvgIpc) is 2.83. The van der Waals surface area contributed by atoms with Gasteiger partial charge in [-0.15, -0.1) is 0 Å². The Morgan fingerprint density at radius 1 is 0.806 bits per heavy atom. The zero-order chi connectivity index (χ0) is 21.7. The van der Waals surface area contributed by atoms with Crippen molar-refractivity contribution in [2.24, 2.45) is 5.73 Å². The Hall–Kier alpha value is -3.11. The SMILES string of the molecule is N[C@@H](c1ccccn1)[C@@H](NP(=O)(c1ccccc1)c1ccccc1)c1cccc(F)c1. The Kier molecular flexibility index (Phi) is 6.38. The number of pyridine rings is 1. The Labute approximate surface area is 181 Å². The molecule has 6 heteroatoms. The van der Waals surface area contributed by atoms with Gasteiger partial charge in [-0.3, -0.25) is 14.6 Å². The number of hydrogen-bond acceptors (Lipinski definition) is 3. The van der Waals surface area contributed by atoms with Crippen LogP contribution >= 0.6 is 7.29 Å². The molecule has 0 fully saturated rings. The second-order valence-corrected chi connectivity index (χ2v) is 9.73. The summed E-state index contributed by atoms with van der Waals surface area (Å²) in [6.07, 6.45) is 1.66. The monoisotopic (exact) mass is 431 g/mol. The summed E-state index contributed by atoms with van der Waals surface area (Å²) in [5.74, 6) is -0.383. The molecule has 0 aliphatic heterocycles. The van der Waals surface area contributed by atoms with E-state index in [1.807, 2.05) is 72.8 Å². The van der Waals surface area contributed by atoms with E-state index in [-0.39, 0.29) is 5.82 Å². The highest BCUT2D eigenvalue weighted by Crippen LogP contribution is 2.44. The average molecular weight is 431 g/mol. The fraction of sp³-hybridized carbons (Fsp3) is 0.0800. The van der Waals surface area contributed by atoms with Gasteiger partial charge in [-0.1, -0.05) is 54.6 Å². The molecule has 4 rings (SSSR count). The predicted molar refractivity (Wildman–Crippen MR) is 123 cm³/mol. The predicted octanol–water partition coefficient (Wildman–Crippen LogP) is 4.48. The van der Waals surface area contributed by atoms with E-state index < -0.39 is 19.4 Å². The van der Waals surface area contributed by atoms with E-state index in [1.165, 1.54) is 12.1 Å². The van der Waals surface area contributed by atoms with Crippen LogP contribution in [0.1, 0.15) is 23.3 Å². The van der Waals surface area contributed by atoms with Crippen molar-refractivity contribution in [2.45, 2.75) is 12.1 Å². The van der Waals surface area contributed by atoms with Gasteiger partial charge in [0, 0.05) is 16.8 Å². The van der Waals surface area contributed by atoms with Crippen molar-refractivity contribution in [2.75, 3.05) is 0 Å². The third-order valence-electron chi connectivity index (χ3n) is 5.16. The molecule has 0 unspecified atom stereocenters. The fourth-order valence-electron chi connectivity index (χ4n) is 3.58. The molecule has 0 saturated carbocycles. The summed E-state index contributed by atoms with van der Waals surface area (Å²) in [4.78, 5) is 4.37. The smallest absolute Gasteiger partial charge is 0.205 e. The molecule has 0 bridgehead atoms. The van der Waals surface area contributed by atoms with E-state index in [1.54, 1.807) is 24.4 Å². The van der Waals surface area contributed by atoms with Crippen molar-refractivity contribution in [3.63, 3.8) is 0 Å². The maximum Gasteiger partial charge on any atom is 0.205 e. The maximum atomic E-state index is 14.5. The van der Waals surface area contributed by atoms with Gasteiger partial charge in [-0.2, -0.15) is 0 Å². The van der Waals surface area contributed by atoms with Crippen LogP contribution in [-0.4, -0.2) is 4.98 Å². The summed E-state index contributed by atoms with van der Waals surface area (Å²) in [5, 5.41) is 4.63. The van der Waals surface area contributed by atoms with E-state index in [2.05, 4.69) is 10.1 Å². The van der Waals surface area contributed by atoms with Gasteiger partial charge < -0.3 is 5.73 Å². The molecule has 156 valence electrons. The van der Waals surface area contributed by atoms with Crippen LogP contribution in [0.15, 0.2) is 109 Å². The first-order chi connectivity index (χ1) is 15.1. The number of rotatable bonds is 7. The summed E-state index contributed by atoms with van der Waals surface area (Å²) in [6, 6.07) is 28.8. The third-order valence-corrected chi connectivity index (χ3v) is 7.85. The Morgan fingerprint density at radius 2 is 1.42 bits per heavy atom. The highest BCUT2D eigenvalue weighted by molar-refractivity contribution is 7.76. The van der Waals surface area contributed by atoms with Crippen LogP contribution in [0.5, 0.6) is 0 Å². The molecule has 4 nitrogen and oxygen atoms in total. The number of benzene rings is 3. The van der Waals surface area contributed by atoms with Crippen LogP contribution in [0.25, 0.3) is 0 Å². The van der Waals surface area contributed by atoms with Crippen molar-refractivity contribution in [1.82, 2.24) is 10.1 Å². The topological polar surface area (TPSA) is 68.0 Å². The molecular formula is C25H23FN3OP. The molecule has 31 heavy (non-hydrogen) atoms. The molecule has 2 atom stereocenters. The van der Waals surface area contributed by atoms with Gasteiger partial charge in [0.15, 0.2) is 0 Å². The van der Waals surface area contributed by atoms with Crippen molar-refractivity contribution in [3.05, 3.63) is 126 Å². The first kappa shape index (κ1) is 21.1. The molecule has 1 heterocycles. The van der Waals surface area contributed by atoms with E-state index >= 15 is 0 Å². The highest BCUT2D eigenvalue weighted by atomic mass is 31.2. The zero-order valence-corrected chi connectivity index (χ0v) is 17.7. The molecular weight excluding hydrogens is 408 g/mol. The minimum atomic E-state index is -3.32. The van der Waals surface area contributed by atoms with Crippen LogP contribution < -0.4 is 21.4 Å². The molecule has 0 aliphatic carbocycles. The number of halogens is 1. The third kappa shape index (κ3) is 4.64. The fourth-order valence-corrected chi connectivity index (χ4v) is 6.06. The van der Waals surface area contributed by atoms with Crippen LogP contribution in [0.4, 0.5) is 4.39 Å². The van der Waals surface area contributed by atoms with Crippen molar-refractivity contribution in [1.29, 1.82) is 0 Å². The van der Waals surface area contributed by atoms with Crippen molar-refractivity contribution >= 4 is 17.9 Å². The van der Waals surface area contributed by atoms with Crippen LogP contribution in [0.3, 0.4) is 0 Å². The number of nitrogens with two attached hydrogens (primary N) is 1. The van der Waals surface area contributed by atoms with Gasteiger partial charge in [0.2, 0.25) is 7.29 Å². The van der Waals surface area contributed by atoms with E-state index in [9.17, 15) is 8.96 Å². The lowest BCUT2D eigenvalue weighted by atomic mass is 9.98. The van der Waals surface area contributed by atoms with Crippen LogP contribution in [0.2, 0.25) is 0 Å². The molecule has 0 saturated heterocycles. The summed E-state index contributed by atoms with van der Waals surface area (Å²) in [7, 11) is -3.32. The molecule has 0 radical (unpaired) electrons. The molecule has 3 N–H and O–H groups in total. The van der Waals surface area contributed by atoms with Crippen molar-refractivity contribution in [3.8, 4) is 0 Å². The molecule has 3 aromatic carbocycles. The van der Waals surface area contributed by atoms with E-state index in [0.717, 1.165) is 0 Å². The lowest BCUT2D eigenvalue weighted by Crippen LogP contribution is -2.36. The van der Waals surface area contributed by atoms with Gasteiger partial charge in [-0.25, -0.2) is 4.39 Å². The van der Waals surface area contributed by atoms with Gasteiger partial charge in [-0.05, 0) is 54.1 Å². The van der Waals surface area contributed by atoms with Crippen molar-refractivity contribution < 1.29 is 8.96 Å². The number of nitrogens with zero attached hydrogens (tertiary/aromatic N) is 1. The first-order valence-corrected chi connectivity index (χ1v) is 11.7. The number of aromatic nitrogens is 1. The summed E-state index contributed by atoms with van der Waals surface area (Å²) >= 11 is 0. The summed E-state index contributed by atoms with van der Waals surface area (Å²) in [6.45, 7) is 0. The minimum Gasteiger partial charge on any atom is -0.321 e. The standard InChI is InChI=1S/C25H23FN3OP/c26-20-11-9-10-19(18-20)25(24(27)23-16-7-8-17-28-23)29-31(30,21-12-3-1-4-13-21)22-14-5-2-6-15-22/h1-18,24-25H,27H2,(H,29,30)/t24-,25-/m0/s1. The Balaban J connectivity index is 1.84. The lowest BCUT2D eigenvalue weighted by molar-refractivity contribution is 0.500. The number of nitrogens with one attached hydrogen (secondary N) is 1. The molecule has 4 aromatic rings. The molecule has 0 spiro atoms. The zero-order valence-electron chi connectivity index (χ0n) is 16.8. The highest BCUT2D eigenvalue weighted by Gasteiger charge is 2.34. The second-order valence-electron chi connectivity index (χ2n) is 7.22. The second kappa shape index (κ2) is 9.36. The molecule has 0 amide bonds. The van der Waals surface area contributed by atoms with Gasteiger partial charge in [0.25, 0.3) is 0 Å². The lowest BCUT2D eigenvalue weighted by Gasteiger charge is -2.31. The quantitative estimate of drug-likeness (QED) is 0.424. The number of hydrogen-bond donors (Lipinski definition) is 2. The Bertz CT molecular complexity index is 1130. The molecule has 1 aromatic heterocycles. The van der Waals surface area contributed by atoms with Gasteiger partial charge in [0.1, 0.15) is 5.82 Å².